The van der Waals surface area contributed by atoms with E-state index in [1.165, 1.54) is 17.4 Å². The minimum absolute atomic E-state index is 0.00660. The summed E-state index contributed by atoms with van der Waals surface area (Å²) in [5.74, 6) is 0.583. The number of para-hydroxylation sites is 1. The lowest BCUT2D eigenvalue weighted by Gasteiger charge is -2.08. The Morgan fingerprint density at radius 2 is 1.93 bits per heavy atom. The first-order chi connectivity index (χ1) is 13.4. The smallest absolute Gasteiger partial charge is 0.285 e. The first-order valence-electron chi connectivity index (χ1n) is 8.18. The molecule has 0 radical (unpaired) electrons. The van der Waals surface area contributed by atoms with Crippen molar-refractivity contribution in [2.75, 3.05) is 19.5 Å². The number of hydrogen-bond acceptors (Lipinski definition) is 7. The molecule has 0 saturated heterocycles. The third-order valence-corrected chi connectivity index (χ3v) is 4.83. The van der Waals surface area contributed by atoms with Crippen molar-refractivity contribution in [3.05, 3.63) is 63.0 Å². The van der Waals surface area contributed by atoms with Crippen LogP contribution in [0, 0.1) is 17.0 Å². The lowest BCUT2D eigenvalue weighted by Crippen LogP contribution is -2.14. The van der Waals surface area contributed by atoms with Gasteiger partial charge in [-0.15, -0.1) is 11.3 Å². The Morgan fingerprint density at radius 3 is 2.61 bits per heavy atom. The molecule has 0 atom stereocenters. The van der Waals surface area contributed by atoms with Crippen LogP contribution in [0.2, 0.25) is 0 Å². The van der Waals surface area contributed by atoms with Crippen LogP contribution in [0.1, 0.15) is 15.9 Å². The van der Waals surface area contributed by atoms with Gasteiger partial charge in [-0.25, -0.2) is 4.98 Å². The average Bonchev–Trinajstić information content (AvgIpc) is 3.15. The van der Waals surface area contributed by atoms with E-state index in [2.05, 4.69) is 10.3 Å². The summed E-state index contributed by atoms with van der Waals surface area (Å²) in [7, 11) is 3.10. The van der Waals surface area contributed by atoms with Crippen molar-refractivity contribution in [3.8, 4) is 22.8 Å². The molecule has 0 spiro atoms. The number of ether oxygens (including phenoxy) is 2. The molecule has 1 aromatic heterocycles. The molecule has 2 aromatic carbocycles. The van der Waals surface area contributed by atoms with Crippen molar-refractivity contribution in [2.45, 2.75) is 6.92 Å². The fourth-order valence-corrected chi connectivity index (χ4v) is 3.42. The fraction of sp³-hybridized carbons (Fsp3) is 0.158. The summed E-state index contributed by atoms with van der Waals surface area (Å²) in [5, 5.41) is 16.0. The molecule has 144 valence electrons. The van der Waals surface area contributed by atoms with Crippen LogP contribution in [0.15, 0.2) is 41.8 Å². The van der Waals surface area contributed by atoms with Gasteiger partial charge < -0.3 is 9.47 Å². The highest BCUT2D eigenvalue weighted by molar-refractivity contribution is 7.14. The highest BCUT2D eigenvalue weighted by atomic mass is 32.1. The number of anilines is 1. The number of carbonyl (C=O) groups excluding carboxylic acids is 1. The van der Waals surface area contributed by atoms with Crippen molar-refractivity contribution in [3.63, 3.8) is 0 Å². The molecule has 0 unspecified atom stereocenters. The predicted molar refractivity (Wildman–Crippen MR) is 106 cm³/mol. The van der Waals surface area contributed by atoms with E-state index in [1.54, 1.807) is 50.8 Å². The van der Waals surface area contributed by atoms with E-state index in [9.17, 15) is 14.9 Å². The SMILES string of the molecule is COc1ccc(-c2csc(NC(=O)c3cccc(C)c3[N+](=O)[O-])n2)cc1OC. The third-order valence-electron chi connectivity index (χ3n) is 4.07. The molecule has 28 heavy (non-hydrogen) atoms. The van der Waals surface area contributed by atoms with Crippen molar-refractivity contribution in [1.82, 2.24) is 4.98 Å². The summed E-state index contributed by atoms with van der Waals surface area (Å²) in [5.41, 5.74) is 1.63. The van der Waals surface area contributed by atoms with Gasteiger partial charge in [-0.2, -0.15) is 0 Å². The largest absolute Gasteiger partial charge is 0.493 e. The van der Waals surface area contributed by atoms with E-state index in [4.69, 9.17) is 9.47 Å². The molecule has 0 aliphatic carbocycles. The predicted octanol–water partition coefficient (Wildman–Crippen LogP) is 4.30. The monoisotopic (exact) mass is 399 g/mol. The van der Waals surface area contributed by atoms with E-state index in [0.717, 1.165) is 5.56 Å². The number of aromatic nitrogens is 1. The molecule has 3 aromatic rings. The first-order valence-corrected chi connectivity index (χ1v) is 9.06. The van der Waals surface area contributed by atoms with Crippen LogP contribution >= 0.6 is 11.3 Å². The van der Waals surface area contributed by atoms with Gasteiger partial charge in [0.1, 0.15) is 5.56 Å². The lowest BCUT2D eigenvalue weighted by atomic mass is 10.1. The number of aryl methyl sites for hydroxylation is 1. The molecule has 9 heteroatoms. The lowest BCUT2D eigenvalue weighted by molar-refractivity contribution is -0.385. The molecule has 3 rings (SSSR count). The Kier molecular flexibility index (Phi) is 5.55. The van der Waals surface area contributed by atoms with Crippen molar-refractivity contribution in [1.29, 1.82) is 0 Å². The maximum atomic E-state index is 12.5. The van der Waals surface area contributed by atoms with E-state index >= 15 is 0 Å². The topological polar surface area (TPSA) is 104 Å². The highest BCUT2D eigenvalue weighted by Crippen LogP contribution is 2.33. The second kappa shape index (κ2) is 8.05. The fourth-order valence-electron chi connectivity index (χ4n) is 2.71. The normalized spacial score (nSPS) is 10.4. The summed E-state index contributed by atoms with van der Waals surface area (Å²) >= 11 is 1.22. The van der Waals surface area contributed by atoms with Crippen LogP contribution in [0.3, 0.4) is 0 Å². The maximum absolute atomic E-state index is 12.5. The molecular weight excluding hydrogens is 382 g/mol. The summed E-state index contributed by atoms with van der Waals surface area (Å²) in [6.45, 7) is 1.59. The summed E-state index contributed by atoms with van der Waals surface area (Å²) in [6, 6.07) is 9.99. The Hall–Kier alpha value is -3.46. The minimum Gasteiger partial charge on any atom is -0.493 e. The van der Waals surface area contributed by atoms with Crippen LogP contribution in [0.5, 0.6) is 11.5 Å². The maximum Gasteiger partial charge on any atom is 0.285 e. The van der Waals surface area contributed by atoms with Gasteiger partial charge in [0, 0.05) is 16.5 Å². The number of benzene rings is 2. The molecule has 1 heterocycles. The summed E-state index contributed by atoms with van der Waals surface area (Å²) < 4.78 is 10.5. The molecule has 0 saturated carbocycles. The zero-order valence-corrected chi connectivity index (χ0v) is 16.2. The number of nitrogens with one attached hydrogen (secondary N) is 1. The number of thiazole rings is 1. The zero-order chi connectivity index (χ0) is 20.3. The van der Waals surface area contributed by atoms with Crippen molar-refractivity contribution in [2.24, 2.45) is 0 Å². The number of nitro benzene ring substituents is 1. The van der Waals surface area contributed by atoms with E-state index in [-0.39, 0.29) is 11.3 Å². The van der Waals surface area contributed by atoms with Crippen LogP contribution in [0.4, 0.5) is 10.8 Å². The molecule has 1 amide bonds. The Morgan fingerprint density at radius 1 is 1.18 bits per heavy atom. The third kappa shape index (κ3) is 3.79. The van der Waals surface area contributed by atoms with E-state index in [0.29, 0.717) is 27.9 Å². The Labute approximate surface area is 164 Å². The molecular formula is C19H17N3O5S. The minimum atomic E-state index is -0.580. The van der Waals surface area contributed by atoms with Gasteiger partial charge in [-0.1, -0.05) is 12.1 Å². The average molecular weight is 399 g/mol. The summed E-state index contributed by atoms with van der Waals surface area (Å²) in [4.78, 5) is 27.7. The van der Waals surface area contributed by atoms with Crippen molar-refractivity contribution < 1.29 is 19.2 Å². The van der Waals surface area contributed by atoms with Gasteiger partial charge in [0.05, 0.1) is 24.8 Å². The second-order valence-corrected chi connectivity index (χ2v) is 6.65. The van der Waals surface area contributed by atoms with Gasteiger partial charge in [0.25, 0.3) is 11.6 Å². The van der Waals surface area contributed by atoms with Gasteiger partial charge in [-0.3, -0.25) is 20.2 Å². The number of nitrogens with zero attached hydrogens (tertiary/aromatic N) is 2. The van der Waals surface area contributed by atoms with Gasteiger partial charge >= 0.3 is 0 Å². The molecule has 0 fully saturated rings. The molecule has 1 N–H and O–H groups in total. The number of carbonyl (C=O) groups is 1. The van der Waals surface area contributed by atoms with Gasteiger partial charge in [-0.05, 0) is 31.2 Å². The van der Waals surface area contributed by atoms with Gasteiger partial charge in [0.15, 0.2) is 16.6 Å². The first kappa shape index (κ1) is 19.3. The highest BCUT2D eigenvalue weighted by Gasteiger charge is 2.23. The standard InChI is InChI=1S/C19H17N3O5S/c1-11-5-4-6-13(17(11)22(24)25)18(23)21-19-20-14(10-28-19)12-7-8-15(26-2)16(9-12)27-3/h4-10H,1-3H3,(H,20,21,23). The van der Waals surface area contributed by atoms with Crippen LogP contribution in [0.25, 0.3) is 11.3 Å². The number of nitro groups is 1. The number of amides is 1. The van der Waals surface area contributed by atoms with E-state index in [1.807, 2.05) is 6.07 Å². The van der Waals surface area contributed by atoms with Crippen LogP contribution in [-0.2, 0) is 0 Å². The molecule has 0 bridgehead atoms. The summed E-state index contributed by atoms with van der Waals surface area (Å²) in [6.07, 6.45) is 0. The van der Waals surface area contributed by atoms with Crippen molar-refractivity contribution >= 4 is 28.1 Å². The number of hydrogen-bond donors (Lipinski definition) is 1. The van der Waals surface area contributed by atoms with E-state index < -0.39 is 10.8 Å². The molecule has 0 aliphatic rings. The number of methoxy groups -OCH3 is 2. The van der Waals surface area contributed by atoms with Gasteiger partial charge in [0.2, 0.25) is 0 Å². The zero-order valence-electron chi connectivity index (χ0n) is 15.4. The van der Waals surface area contributed by atoms with Crippen LogP contribution < -0.4 is 14.8 Å². The quantitative estimate of drug-likeness (QED) is 0.490. The second-order valence-electron chi connectivity index (χ2n) is 5.79. The van der Waals surface area contributed by atoms with Crippen LogP contribution in [-0.4, -0.2) is 30.0 Å². The molecule has 8 nitrogen and oxygen atoms in total. The number of rotatable bonds is 6. The Bertz CT molecular complexity index is 1050. The Balaban J connectivity index is 1.85. The molecule has 0 aliphatic heterocycles.